The van der Waals surface area contributed by atoms with E-state index in [1.807, 2.05) is 0 Å². The molecular formula is C22H26O4. The van der Waals surface area contributed by atoms with Gasteiger partial charge in [0.1, 0.15) is 36.9 Å². The molecule has 138 valence electrons. The molecule has 4 nitrogen and oxygen atoms in total. The van der Waals surface area contributed by atoms with Gasteiger partial charge >= 0.3 is 0 Å². The fourth-order valence-electron chi connectivity index (χ4n) is 3.32. The Morgan fingerprint density at radius 2 is 1.27 bits per heavy atom. The minimum absolute atomic E-state index is 0.281. The smallest absolute Gasteiger partial charge is 0.119 e. The summed E-state index contributed by atoms with van der Waals surface area (Å²) in [7, 11) is 0. The van der Waals surface area contributed by atoms with E-state index in [4.69, 9.17) is 18.9 Å². The molecule has 2 heterocycles. The fraction of sp³-hybridized carbons (Fsp3) is 0.455. The van der Waals surface area contributed by atoms with Gasteiger partial charge < -0.3 is 18.9 Å². The molecule has 0 bridgehead atoms. The number of benzene rings is 2. The Hall–Kier alpha value is -2.04. The number of hydrogen-bond donors (Lipinski definition) is 0. The van der Waals surface area contributed by atoms with Gasteiger partial charge in [-0.2, -0.15) is 0 Å². The standard InChI is InChI=1S/C22H26O4/c1-14-8-17(23-10-19-12-25-19)4-6-21(14)16(3)22-7-5-18(9-15(22)2)24-11-20-13-26-20/h4-9,16,19-20H,10-13H2,1-3H3. The van der Waals surface area contributed by atoms with Crippen LogP contribution in [0.2, 0.25) is 0 Å². The molecule has 2 saturated heterocycles. The summed E-state index contributed by atoms with van der Waals surface area (Å²) in [6.07, 6.45) is 0.563. The van der Waals surface area contributed by atoms with Gasteiger partial charge in [0.15, 0.2) is 0 Å². The molecule has 2 unspecified atom stereocenters. The van der Waals surface area contributed by atoms with E-state index >= 15 is 0 Å². The summed E-state index contributed by atoms with van der Waals surface area (Å²) in [5.74, 6) is 2.14. The van der Waals surface area contributed by atoms with Gasteiger partial charge in [0, 0.05) is 5.92 Å². The Morgan fingerprint density at radius 1 is 0.846 bits per heavy atom. The van der Waals surface area contributed by atoms with Gasteiger partial charge in [0.2, 0.25) is 0 Å². The van der Waals surface area contributed by atoms with Crippen molar-refractivity contribution in [3.05, 3.63) is 58.7 Å². The Morgan fingerprint density at radius 3 is 1.62 bits per heavy atom. The van der Waals surface area contributed by atoms with Crippen molar-refractivity contribution in [1.29, 1.82) is 0 Å². The molecule has 0 amide bonds. The van der Waals surface area contributed by atoms with Crippen molar-refractivity contribution in [3.63, 3.8) is 0 Å². The molecule has 0 saturated carbocycles. The summed E-state index contributed by atoms with van der Waals surface area (Å²) in [6, 6.07) is 12.7. The molecule has 2 aliphatic heterocycles. The lowest BCUT2D eigenvalue weighted by molar-refractivity contribution is 0.263. The summed E-state index contributed by atoms with van der Waals surface area (Å²) in [5.41, 5.74) is 5.14. The van der Waals surface area contributed by atoms with Crippen LogP contribution in [0.5, 0.6) is 11.5 Å². The Bertz CT molecular complexity index is 712. The predicted octanol–water partition coefficient (Wildman–Crippen LogP) is 4.01. The van der Waals surface area contributed by atoms with Crippen LogP contribution in [-0.4, -0.2) is 38.6 Å². The number of hydrogen-bond acceptors (Lipinski definition) is 4. The summed E-state index contributed by atoms with van der Waals surface area (Å²) >= 11 is 0. The van der Waals surface area contributed by atoms with Gasteiger partial charge in [0.05, 0.1) is 13.2 Å². The topological polar surface area (TPSA) is 43.5 Å². The third-order valence-electron chi connectivity index (χ3n) is 5.09. The van der Waals surface area contributed by atoms with Gasteiger partial charge in [-0.15, -0.1) is 0 Å². The summed E-state index contributed by atoms with van der Waals surface area (Å²) in [4.78, 5) is 0. The number of rotatable bonds is 8. The maximum absolute atomic E-state index is 5.79. The molecule has 0 aromatic heterocycles. The highest BCUT2D eigenvalue weighted by atomic mass is 16.6. The molecule has 4 rings (SSSR count). The lowest BCUT2D eigenvalue weighted by Crippen LogP contribution is -2.06. The predicted molar refractivity (Wildman–Crippen MR) is 100 cm³/mol. The lowest BCUT2D eigenvalue weighted by atomic mass is 9.87. The van der Waals surface area contributed by atoms with Crippen LogP contribution in [0.25, 0.3) is 0 Å². The molecule has 2 fully saturated rings. The molecule has 26 heavy (non-hydrogen) atoms. The molecular weight excluding hydrogens is 328 g/mol. The minimum atomic E-state index is 0.281. The zero-order chi connectivity index (χ0) is 18.1. The van der Waals surface area contributed by atoms with Crippen molar-refractivity contribution < 1.29 is 18.9 Å². The summed E-state index contributed by atoms with van der Waals surface area (Å²) < 4.78 is 22.0. The monoisotopic (exact) mass is 354 g/mol. The first-order chi connectivity index (χ1) is 12.6. The first kappa shape index (κ1) is 17.4. The van der Waals surface area contributed by atoms with E-state index in [1.165, 1.54) is 22.3 Å². The molecule has 2 aromatic rings. The van der Waals surface area contributed by atoms with Crippen molar-refractivity contribution in [2.45, 2.75) is 38.9 Å². The Balaban J connectivity index is 1.45. The average molecular weight is 354 g/mol. The van der Waals surface area contributed by atoms with E-state index in [0.717, 1.165) is 24.7 Å². The van der Waals surface area contributed by atoms with Crippen molar-refractivity contribution in [1.82, 2.24) is 0 Å². The Labute approximate surface area is 155 Å². The largest absolute Gasteiger partial charge is 0.491 e. The maximum atomic E-state index is 5.79. The summed E-state index contributed by atoms with van der Waals surface area (Å²) in [6.45, 7) is 9.47. The van der Waals surface area contributed by atoms with E-state index in [0.29, 0.717) is 19.1 Å². The maximum Gasteiger partial charge on any atom is 0.119 e. The third-order valence-corrected chi connectivity index (χ3v) is 5.09. The molecule has 0 spiro atoms. The van der Waals surface area contributed by atoms with Crippen LogP contribution in [0, 0.1) is 13.8 Å². The van der Waals surface area contributed by atoms with Crippen LogP contribution in [0.15, 0.2) is 36.4 Å². The average Bonchev–Trinajstić information content (AvgIpc) is 3.53. The lowest BCUT2D eigenvalue weighted by Gasteiger charge is -2.19. The number of aryl methyl sites for hydroxylation is 2. The molecule has 2 aromatic carbocycles. The van der Waals surface area contributed by atoms with E-state index in [-0.39, 0.29) is 12.2 Å². The SMILES string of the molecule is Cc1cc(OCC2CO2)ccc1C(C)c1ccc(OCC2CO2)cc1C. The third kappa shape index (κ3) is 4.19. The quantitative estimate of drug-likeness (QED) is 0.672. The van der Waals surface area contributed by atoms with Crippen LogP contribution in [0.4, 0.5) is 0 Å². The second kappa shape index (κ2) is 7.29. The highest BCUT2D eigenvalue weighted by molar-refractivity contribution is 5.45. The van der Waals surface area contributed by atoms with Crippen LogP contribution >= 0.6 is 0 Å². The normalized spacial score (nSPS) is 22.0. The zero-order valence-corrected chi connectivity index (χ0v) is 15.7. The van der Waals surface area contributed by atoms with Crippen LogP contribution in [0.1, 0.15) is 35.1 Å². The molecule has 2 atom stereocenters. The van der Waals surface area contributed by atoms with Gasteiger partial charge in [-0.1, -0.05) is 19.1 Å². The second-order valence-electron chi connectivity index (χ2n) is 7.29. The van der Waals surface area contributed by atoms with Crippen LogP contribution < -0.4 is 9.47 Å². The van der Waals surface area contributed by atoms with Crippen molar-refractivity contribution in [3.8, 4) is 11.5 Å². The first-order valence-electron chi connectivity index (χ1n) is 9.30. The fourth-order valence-corrected chi connectivity index (χ4v) is 3.32. The Kier molecular flexibility index (Phi) is 4.88. The van der Waals surface area contributed by atoms with E-state index < -0.39 is 0 Å². The minimum Gasteiger partial charge on any atom is -0.491 e. The van der Waals surface area contributed by atoms with E-state index in [9.17, 15) is 0 Å². The van der Waals surface area contributed by atoms with Gasteiger partial charge in [-0.3, -0.25) is 0 Å². The second-order valence-corrected chi connectivity index (χ2v) is 7.29. The van der Waals surface area contributed by atoms with Crippen LogP contribution in [-0.2, 0) is 9.47 Å². The van der Waals surface area contributed by atoms with Gasteiger partial charge in [0.25, 0.3) is 0 Å². The number of ether oxygens (including phenoxy) is 4. The van der Waals surface area contributed by atoms with Gasteiger partial charge in [-0.05, 0) is 60.4 Å². The highest BCUT2D eigenvalue weighted by Gasteiger charge is 2.24. The van der Waals surface area contributed by atoms with Crippen molar-refractivity contribution in [2.24, 2.45) is 0 Å². The van der Waals surface area contributed by atoms with Crippen LogP contribution in [0.3, 0.4) is 0 Å². The molecule has 2 aliphatic rings. The van der Waals surface area contributed by atoms with Crippen molar-refractivity contribution in [2.75, 3.05) is 26.4 Å². The van der Waals surface area contributed by atoms with E-state index in [2.05, 4.69) is 57.2 Å². The highest BCUT2D eigenvalue weighted by Crippen LogP contribution is 2.32. The van der Waals surface area contributed by atoms with E-state index in [1.54, 1.807) is 0 Å². The molecule has 0 aliphatic carbocycles. The molecule has 0 radical (unpaired) electrons. The molecule has 0 N–H and O–H groups in total. The summed E-state index contributed by atoms with van der Waals surface area (Å²) in [5, 5.41) is 0. The van der Waals surface area contributed by atoms with Crippen molar-refractivity contribution >= 4 is 0 Å². The zero-order valence-electron chi connectivity index (χ0n) is 15.7. The molecule has 4 heteroatoms. The first-order valence-corrected chi connectivity index (χ1v) is 9.30. The number of epoxide rings is 2. The van der Waals surface area contributed by atoms with Gasteiger partial charge in [-0.25, -0.2) is 0 Å².